The monoisotopic (exact) mass is 360 g/mol. The van der Waals surface area contributed by atoms with Gasteiger partial charge in [-0.15, -0.1) is 4.68 Å². The highest BCUT2D eigenvalue weighted by atomic mass is 16.5. The van der Waals surface area contributed by atoms with Gasteiger partial charge in [-0.1, -0.05) is 5.10 Å². The molecule has 0 aliphatic carbocycles. The summed E-state index contributed by atoms with van der Waals surface area (Å²) in [5.41, 5.74) is -0.363. The Labute approximate surface area is 147 Å². The zero-order valence-electron chi connectivity index (χ0n) is 14.5. The number of hydrogen-bond acceptors (Lipinski definition) is 7. The number of ether oxygens (including phenoxy) is 2. The lowest BCUT2D eigenvalue weighted by atomic mass is 10.2. The van der Waals surface area contributed by atoms with Crippen LogP contribution in [0.15, 0.2) is 27.8 Å². The van der Waals surface area contributed by atoms with E-state index < -0.39 is 11.2 Å². The lowest BCUT2D eigenvalue weighted by Crippen LogP contribution is -2.46. The summed E-state index contributed by atoms with van der Waals surface area (Å²) in [6, 6.07) is 5.10. The third kappa shape index (κ3) is 2.90. The molecule has 0 aliphatic rings. The molecule has 3 rings (SSSR count). The molecule has 3 aromatic rings. The van der Waals surface area contributed by atoms with Crippen molar-refractivity contribution >= 4 is 11.2 Å². The van der Waals surface area contributed by atoms with Crippen LogP contribution in [-0.4, -0.2) is 45.6 Å². The van der Waals surface area contributed by atoms with Crippen LogP contribution in [0.3, 0.4) is 0 Å². The molecule has 1 aromatic carbocycles. The summed E-state index contributed by atoms with van der Waals surface area (Å²) >= 11 is 0. The maximum atomic E-state index is 12.4. The maximum absolute atomic E-state index is 12.4. The van der Waals surface area contributed by atoms with Gasteiger partial charge in [0.25, 0.3) is 5.56 Å². The number of rotatable bonds is 5. The Morgan fingerprint density at radius 3 is 2.62 bits per heavy atom. The van der Waals surface area contributed by atoms with E-state index in [9.17, 15) is 14.7 Å². The smallest absolute Gasteiger partial charge is 0.416 e. The van der Waals surface area contributed by atoms with E-state index in [2.05, 4.69) is 15.1 Å². The molecule has 0 unspecified atom stereocenters. The molecule has 0 aliphatic heterocycles. The SMILES string of the molecule is COc1ccc(-c2nc3c(=O)n(C)c(=O)[nH]c3[n+](CCO)n2)cc1OC. The van der Waals surface area contributed by atoms with Crippen molar-refractivity contribution in [2.24, 2.45) is 7.05 Å². The Bertz CT molecular complexity index is 1090. The molecule has 10 heteroatoms. The third-order valence-corrected chi connectivity index (χ3v) is 3.91. The van der Waals surface area contributed by atoms with Crippen LogP contribution in [0.5, 0.6) is 11.5 Å². The first-order chi connectivity index (χ1) is 12.5. The number of H-pyrrole nitrogens is 1. The summed E-state index contributed by atoms with van der Waals surface area (Å²) in [6.45, 7) is -0.137. The number of nitrogens with one attached hydrogen (secondary N) is 1. The lowest BCUT2D eigenvalue weighted by molar-refractivity contribution is -0.731. The Kier molecular flexibility index (Phi) is 4.67. The summed E-state index contributed by atoms with van der Waals surface area (Å²) in [5, 5.41) is 13.6. The number of aromatic amines is 1. The largest absolute Gasteiger partial charge is 0.493 e. The van der Waals surface area contributed by atoms with Crippen molar-refractivity contribution in [3.63, 3.8) is 0 Å². The molecule has 0 amide bonds. The highest BCUT2D eigenvalue weighted by Gasteiger charge is 2.20. The van der Waals surface area contributed by atoms with Crippen molar-refractivity contribution in [3.05, 3.63) is 39.0 Å². The molecule has 136 valence electrons. The van der Waals surface area contributed by atoms with Gasteiger partial charge in [0, 0.05) is 12.6 Å². The lowest BCUT2D eigenvalue weighted by Gasteiger charge is -2.09. The van der Waals surface area contributed by atoms with Crippen LogP contribution in [0.2, 0.25) is 0 Å². The van der Waals surface area contributed by atoms with Crippen LogP contribution in [0.1, 0.15) is 0 Å². The van der Waals surface area contributed by atoms with Crippen molar-refractivity contribution in [1.29, 1.82) is 0 Å². The van der Waals surface area contributed by atoms with E-state index in [1.54, 1.807) is 18.2 Å². The van der Waals surface area contributed by atoms with Gasteiger partial charge in [0.1, 0.15) is 6.54 Å². The van der Waals surface area contributed by atoms with Gasteiger partial charge in [0.05, 0.1) is 20.8 Å². The number of aromatic nitrogens is 5. The number of fused-ring (bicyclic) bond motifs is 1. The molecule has 0 saturated heterocycles. The van der Waals surface area contributed by atoms with Crippen molar-refractivity contribution < 1.29 is 19.3 Å². The van der Waals surface area contributed by atoms with Crippen LogP contribution in [0.25, 0.3) is 22.6 Å². The van der Waals surface area contributed by atoms with Gasteiger partial charge in [-0.2, -0.15) is 4.98 Å². The van der Waals surface area contributed by atoms with Gasteiger partial charge in [0.2, 0.25) is 11.3 Å². The van der Waals surface area contributed by atoms with Gasteiger partial charge in [0.15, 0.2) is 11.5 Å². The zero-order valence-corrected chi connectivity index (χ0v) is 14.5. The van der Waals surface area contributed by atoms with E-state index in [1.807, 2.05) is 0 Å². The second-order valence-corrected chi connectivity index (χ2v) is 5.44. The standard InChI is InChI=1S/C16H17N5O5/c1-20-15(23)12-14(18-16(20)24)21(6-7-22)19-13(17-12)9-4-5-10(25-2)11(8-9)26-3/h4-5,8,22H,6-7H2,1-3H3/p+1. The minimum atomic E-state index is -0.586. The van der Waals surface area contributed by atoms with Crippen molar-refractivity contribution in [2.75, 3.05) is 20.8 Å². The molecule has 0 bridgehead atoms. The minimum Gasteiger partial charge on any atom is -0.493 e. The van der Waals surface area contributed by atoms with Gasteiger partial charge in [-0.25, -0.2) is 14.3 Å². The van der Waals surface area contributed by atoms with Gasteiger partial charge < -0.3 is 14.6 Å². The molecule has 2 aromatic heterocycles. The van der Waals surface area contributed by atoms with E-state index in [4.69, 9.17) is 9.47 Å². The molecule has 0 atom stereocenters. The average Bonchev–Trinajstić information content (AvgIpc) is 2.66. The minimum absolute atomic E-state index is 0.0420. The number of methoxy groups -OCH3 is 2. The van der Waals surface area contributed by atoms with E-state index in [0.717, 1.165) is 4.57 Å². The van der Waals surface area contributed by atoms with Crippen molar-refractivity contribution in [2.45, 2.75) is 6.54 Å². The summed E-state index contributed by atoms with van der Waals surface area (Å²) in [7, 11) is 4.39. The van der Waals surface area contributed by atoms with E-state index in [1.165, 1.54) is 25.9 Å². The highest BCUT2D eigenvalue weighted by molar-refractivity contribution is 5.68. The summed E-state index contributed by atoms with van der Waals surface area (Å²) in [4.78, 5) is 31.2. The maximum Gasteiger partial charge on any atom is 0.416 e. The van der Waals surface area contributed by atoms with Gasteiger partial charge >= 0.3 is 11.3 Å². The molecule has 0 spiro atoms. The van der Waals surface area contributed by atoms with Crippen LogP contribution in [0, 0.1) is 0 Å². The molecule has 26 heavy (non-hydrogen) atoms. The number of nitrogens with zero attached hydrogens (tertiary/aromatic N) is 4. The summed E-state index contributed by atoms with van der Waals surface area (Å²) < 4.78 is 12.8. The Balaban J connectivity index is 2.31. The molecule has 0 radical (unpaired) electrons. The highest BCUT2D eigenvalue weighted by Crippen LogP contribution is 2.30. The Hall–Kier alpha value is -3.27. The van der Waals surface area contributed by atoms with E-state index in [0.29, 0.717) is 17.1 Å². The molecule has 2 N–H and O–H groups in total. The van der Waals surface area contributed by atoms with Gasteiger partial charge in [-0.05, 0) is 18.2 Å². The van der Waals surface area contributed by atoms with Gasteiger partial charge in [-0.3, -0.25) is 4.79 Å². The summed E-state index contributed by atoms with van der Waals surface area (Å²) in [5.74, 6) is 1.27. The predicted octanol–water partition coefficient (Wildman–Crippen LogP) is -1.02. The molecule has 10 nitrogen and oxygen atoms in total. The number of benzene rings is 1. The third-order valence-electron chi connectivity index (χ3n) is 3.91. The normalized spacial score (nSPS) is 10.9. The fourth-order valence-electron chi connectivity index (χ4n) is 2.53. The van der Waals surface area contributed by atoms with E-state index >= 15 is 0 Å². The van der Waals surface area contributed by atoms with Crippen LogP contribution in [-0.2, 0) is 13.6 Å². The van der Waals surface area contributed by atoms with Crippen LogP contribution < -0.4 is 25.4 Å². The molecular weight excluding hydrogens is 342 g/mol. The fourth-order valence-corrected chi connectivity index (χ4v) is 2.53. The molecule has 2 heterocycles. The second-order valence-electron chi connectivity index (χ2n) is 5.44. The molecule has 0 fully saturated rings. The number of aliphatic hydroxyl groups is 1. The first kappa shape index (κ1) is 17.5. The topological polar surface area (TPSA) is 123 Å². The second kappa shape index (κ2) is 6.92. The van der Waals surface area contributed by atoms with Crippen LogP contribution in [0.4, 0.5) is 0 Å². The molecule has 0 saturated carbocycles. The van der Waals surface area contributed by atoms with Crippen molar-refractivity contribution in [1.82, 2.24) is 19.6 Å². The average molecular weight is 360 g/mol. The van der Waals surface area contributed by atoms with Crippen molar-refractivity contribution in [3.8, 4) is 22.9 Å². The van der Waals surface area contributed by atoms with Crippen LogP contribution >= 0.6 is 0 Å². The first-order valence-corrected chi connectivity index (χ1v) is 7.74. The summed E-state index contributed by atoms with van der Waals surface area (Å²) in [6.07, 6.45) is 0. The predicted molar refractivity (Wildman–Crippen MR) is 91.2 cm³/mol. The Morgan fingerprint density at radius 2 is 1.96 bits per heavy atom. The number of aliphatic hydroxyl groups excluding tert-OH is 1. The van der Waals surface area contributed by atoms with E-state index in [-0.39, 0.29) is 30.1 Å². The first-order valence-electron chi connectivity index (χ1n) is 7.74. The zero-order chi connectivity index (χ0) is 18.8. The number of hydrogen-bond donors (Lipinski definition) is 2. The quantitative estimate of drug-likeness (QED) is 0.558. The fraction of sp³-hybridized carbons (Fsp3) is 0.312. The Morgan fingerprint density at radius 1 is 1.23 bits per heavy atom. The molecular formula is C16H18N5O5+.